The van der Waals surface area contributed by atoms with Crippen LogP contribution in [0.3, 0.4) is 0 Å². The first kappa shape index (κ1) is 23.6. The molecule has 4 rings (SSSR count). The number of nitrogens with one attached hydrogen (secondary N) is 2. The van der Waals surface area contributed by atoms with Crippen molar-refractivity contribution < 1.29 is 9.59 Å². The van der Waals surface area contributed by atoms with Gasteiger partial charge in [0.2, 0.25) is 0 Å². The zero-order valence-electron chi connectivity index (χ0n) is 19.8. The second kappa shape index (κ2) is 9.77. The summed E-state index contributed by atoms with van der Waals surface area (Å²) in [5.41, 5.74) is 2.76. The molecular formula is C28H26N4O3. The van der Waals surface area contributed by atoms with Crippen LogP contribution in [0.4, 0.5) is 11.4 Å². The fraction of sp³-hybridized carbons (Fsp3) is 0.143. The summed E-state index contributed by atoms with van der Waals surface area (Å²) >= 11 is 0. The molecule has 2 N–H and O–H groups in total. The van der Waals surface area contributed by atoms with E-state index in [2.05, 4.69) is 36.5 Å². The molecule has 35 heavy (non-hydrogen) atoms. The summed E-state index contributed by atoms with van der Waals surface area (Å²) in [5.74, 6) is -0.797. The van der Waals surface area contributed by atoms with Gasteiger partial charge in [0, 0.05) is 11.6 Å². The number of hydrogen-bond acceptors (Lipinski definition) is 4. The van der Waals surface area contributed by atoms with Crippen LogP contribution in [-0.4, -0.2) is 21.6 Å². The monoisotopic (exact) mass is 466 g/mol. The van der Waals surface area contributed by atoms with Gasteiger partial charge in [-0.3, -0.25) is 14.4 Å². The molecule has 0 saturated carbocycles. The Labute approximate surface area is 203 Å². The average molecular weight is 467 g/mol. The van der Waals surface area contributed by atoms with Crippen LogP contribution in [0.5, 0.6) is 0 Å². The molecule has 0 radical (unpaired) electrons. The van der Waals surface area contributed by atoms with Crippen molar-refractivity contribution in [1.29, 1.82) is 0 Å². The Kier molecular flexibility index (Phi) is 6.59. The lowest BCUT2D eigenvalue weighted by atomic mass is 9.87. The van der Waals surface area contributed by atoms with Crippen molar-refractivity contribution in [3.63, 3.8) is 0 Å². The first-order chi connectivity index (χ1) is 16.7. The molecule has 176 valence electrons. The molecule has 0 bridgehead atoms. The maximum Gasteiger partial charge on any atom is 0.276 e. The van der Waals surface area contributed by atoms with Crippen molar-refractivity contribution >= 4 is 23.2 Å². The first-order valence-electron chi connectivity index (χ1n) is 11.2. The van der Waals surface area contributed by atoms with E-state index in [9.17, 15) is 14.4 Å². The highest BCUT2D eigenvalue weighted by Gasteiger charge is 2.16. The van der Waals surface area contributed by atoms with Crippen LogP contribution in [0.15, 0.2) is 95.8 Å². The van der Waals surface area contributed by atoms with Crippen LogP contribution < -0.4 is 16.2 Å². The normalized spacial score (nSPS) is 11.1. The number of carbonyl (C=O) groups excluding carboxylic acids is 2. The number of hydrogen-bond donors (Lipinski definition) is 2. The SMILES string of the molecule is CC(C)(C)c1ccc(C(=O)Nc2ccccc2NC(=O)c2ccc(=O)n(-c3ccccc3)n2)cc1. The summed E-state index contributed by atoms with van der Waals surface area (Å²) < 4.78 is 1.17. The summed E-state index contributed by atoms with van der Waals surface area (Å²) in [6.07, 6.45) is 0. The van der Waals surface area contributed by atoms with Crippen LogP contribution >= 0.6 is 0 Å². The number of rotatable bonds is 5. The Hall–Kier alpha value is -4.52. The van der Waals surface area contributed by atoms with Gasteiger partial charge in [-0.2, -0.15) is 9.78 Å². The Morgan fingerprint density at radius 2 is 1.29 bits per heavy atom. The Bertz CT molecular complexity index is 1420. The molecule has 0 atom stereocenters. The second-order valence-electron chi connectivity index (χ2n) is 9.09. The zero-order chi connectivity index (χ0) is 25.0. The molecule has 0 aliphatic carbocycles. The molecule has 0 unspecified atom stereocenters. The number of aromatic nitrogens is 2. The van der Waals surface area contributed by atoms with E-state index in [1.54, 1.807) is 60.7 Å². The van der Waals surface area contributed by atoms with Gasteiger partial charge in [0.05, 0.1) is 17.1 Å². The molecular weight excluding hydrogens is 440 g/mol. The van der Waals surface area contributed by atoms with E-state index in [1.165, 1.54) is 16.8 Å². The highest BCUT2D eigenvalue weighted by atomic mass is 16.2. The molecule has 0 spiro atoms. The molecule has 4 aromatic rings. The molecule has 2 amide bonds. The summed E-state index contributed by atoms with van der Waals surface area (Å²) in [5, 5.41) is 9.85. The van der Waals surface area contributed by atoms with E-state index in [0.29, 0.717) is 22.6 Å². The van der Waals surface area contributed by atoms with Crippen molar-refractivity contribution in [3.8, 4) is 5.69 Å². The third-order valence-corrected chi connectivity index (χ3v) is 5.47. The van der Waals surface area contributed by atoms with E-state index >= 15 is 0 Å². The van der Waals surface area contributed by atoms with Crippen molar-refractivity contribution in [2.24, 2.45) is 0 Å². The molecule has 1 heterocycles. The van der Waals surface area contributed by atoms with Crippen LogP contribution in [0.25, 0.3) is 5.69 Å². The van der Waals surface area contributed by atoms with Crippen molar-refractivity contribution in [2.45, 2.75) is 26.2 Å². The largest absolute Gasteiger partial charge is 0.320 e. The molecule has 0 fully saturated rings. The average Bonchev–Trinajstić information content (AvgIpc) is 2.85. The van der Waals surface area contributed by atoms with Gasteiger partial charge in [0.25, 0.3) is 17.4 Å². The molecule has 0 saturated heterocycles. The minimum Gasteiger partial charge on any atom is -0.320 e. The van der Waals surface area contributed by atoms with Crippen molar-refractivity contribution in [3.05, 3.63) is 118 Å². The number of anilines is 2. The number of para-hydroxylation sites is 3. The van der Waals surface area contributed by atoms with E-state index < -0.39 is 5.91 Å². The third kappa shape index (κ3) is 5.52. The predicted octanol–water partition coefficient (Wildman–Crippen LogP) is 5.03. The van der Waals surface area contributed by atoms with Gasteiger partial charge in [-0.05, 0) is 53.4 Å². The van der Waals surface area contributed by atoms with E-state index in [-0.39, 0.29) is 22.6 Å². The Morgan fingerprint density at radius 3 is 1.89 bits per heavy atom. The maximum atomic E-state index is 12.9. The van der Waals surface area contributed by atoms with E-state index in [0.717, 1.165) is 5.56 Å². The smallest absolute Gasteiger partial charge is 0.276 e. The highest BCUT2D eigenvalue weighted by Crippen LogP contribution is 2.24. The number of amides is 2. The van der Waals surface area contributed by atoms with Crippen LogP contribution in [0.2, 0.25) is 0 Å². The van der Waals surface area contributed by atoms with Crippen LogP contribution in [0, 0.1) is 0 Å². The molecule has 7 heteroatoms. The lowest BCUT2D eigenvalue weighted by Crippen LogP contribution is -2.25. The van der Waals surface area contributed by atoms with Crippen molar-refractivity contribution in [2.75, 3.05) is 10.6 Å². The van der Waals surface area contributed by atoms with Crippen LogP contribution in [0.1, 0.15) is 47.2 Å². The molecule has 1 aromatic heterocycles. The molecule has 0 aliphatic heterocycles. The summed E-state index contributed by atoms with van der Waals surface area (Å²) in [4.78, 5) is 38.1. The third-order valence-electron chi connectivity index (χ3n) is 5.47. The molecule has 7 nitrogen and oxygen atoms in total. The highest BCUT2D eigenvalue weighted by molar-refractivity contribution is 6.09. The zero-order valence-corrected chi connectivity index (χ0v) is 19.8. The summed E-state index contributed by atoms with van der Waals surface area (Å²) in [6, 6.07) is 25.9. The van der Waals surface area contributed by atoms with Gasteiger partial charge >= 0.3 is 0 Å². The number of carbonyl (C=O) groups is 2. The van der Waals surface area contributed by atoms with E-state index in [4.69, 9.17) is 0 Å². The Balaban J connectivity index is 1.53. The first-order valence-corrected chi connectivity index (χ1v) is 11.2. The quantitative estimate of drug-likeness (QED) is 0.431. The second-order valence-corrected chi connectivity index (χ2v) is 9.09. The number of nitrogens with zero attached hydrogens (tertiary/aromatic N) is 2. The van der Waals surface area contributed by atoms with Gasteiger partial charge in [0.1, 0.15) is 5.69 Å². The van der Waals surface area contributed by atoms with E-state index in [1.807, 2.05) is 18.2 Å². The standard InChI is InChI=1S/C28H26N4O3/c1-28(2,3)20-15-13-19(14-16-20)26(34)29-22-11-7-8-12-23(22)30-27(35)24-17-18-25(33)32(31-24)21-9-5-4-6-10-21/h4-18H,1-3H3,(H,29,34)(H,30,35). The van der Waals surface area contributed by atoms with Gasteiger partial charge in [-0.15, -0.1) is 0 Å². The lowest BCUT2D eigenvalue weighted by molar-refractivity contribution is 0.101. The van der Waals surface area contributed by atoms with Gasteiger partial charge in [-0.25, -0.2) is 0 Å². The fourth-order valence-corrected chi connectivity index (χ4v) is 3.49. The number of benzene rings is 3. The lowest BCUT2D eigenvalue weighted by Gasteiger charge is -2.19. The predicted molar refractivity (Wildman–Crippen MR) is 137 cm³/mol. The fourth-order valence-electron chi connectivity index (χ4n) is 3.49. The summed E-state index contributed by atoms with van der Waals surface area (Å²) in [7, 11) is 0. The molecule has 0 aliphatic rings. The Morgan fingerprint density at radius 1 is 0.714 bits per heavy atom. The minimum atomic E-state index is -0.508. The maximum absolute atomic E-state index is 12.9. The van der Waals surface area contributed by atoms with Gasteiger partial charge < -0.3 is 10.6 Å². The van der Waals surface area contributed by atoms with Crippen LogP contribution in [-0.2, 0) is 5.41 Å². The van der Waals surface area contributed by atoms with Crippen molar-refractivity contribution in [1.82, 2.24) is 9.78 Å². The topological polar surface area (TPSA) is 93.1 Å². The summed E-state index contributed by atoms with van der Waals surface area (Å²) in [6.45, 7) is 6.34. The molecule has 3 aromatic carbocycles. The minimum absolute atomic E-state index is 0.0110. The van der Waals surface area contributed by atoms with Gasteiger partial charge in [-0.1, -0.05) is 63.2 Å². The van der Waals surface area contributed by atoms with Gasteiger partial charge in [0.15, 0.2) is 0 Å².